The maximum atomic E-state index is 12.5. The molecule has 1 heterocycles. The van der Waals surface area contributed by atoms with E-state index in [1.54, 1.807) is 6.20 Å². The quantitative estimate of drug-likeness (QED) is 0.897. The molecule has 2 rings (SSSR count). The highest BCUT2D eigenvalue weighted by atomic mass is 16.1. The Balaban J connectivity index is 2.38. The normalized spacial score (nSPS) is 11.6. The molecule has 0 saturated carbocycles. The molecule has 0 fully saturated rings. The van der Waals surface area contributed by atoms with Crippen molar-refractivity contribution < 1.29 is 4.79 Å². The summed E-state index contributed by atoms with van der Waals surface area (Å²) in [5.41, 5.74) is 6.20. The molecule has 1 amide bonds. The SMILES string of the molecule is CCCC(C)(C)NC(=O)c1cnc(N)c2ccccc12. The first-order valence-electron chi connectivity index (χ1n) is 6.90. The summed E-state index contributed by atoms with van der Waals surface area (Å²) >= 11 is 0. The van der Waals surface area contributed by atoms with Crippen LogP contribution in [0.5, 0.6) is 0 Å². The van der Waals surface area contributed by atoms with Crippen molar-refractivity contribution in [2.24, 2.45) is 0 Å². The number of aromatic nitrogens is 1. The summed E-state index contributed by atoms with van der Waals surface area (Å²) in [6.07, 6.45) is 3.50. The number of hydrogen-bond donors (Lipinski definition) is 2. The monoisotopic (exact) mass is 271 g/mol. The topological polar surface area (TPSA) is 68.0 Å². The Labute approximate surface area is 119 Å². The van der Waals surface area contributed by atoms with Crippen LogP contribution in [0.25, 0.3) is 10.8 Å². The number of nitrogens with two attached hydrogens (primary N) is 1. The number of anilines is 1. The third-order valence-corrected chi connectivity index (χ3v) is 3.40. The van der Waals surface area contributed by atoms with Gasteiger partial charge in [0.05, 0.1) is 5.56 Å². The molecule has 0 spiro atoms. The predicted molar refractivity (Wildman–Crippen MR) is 82.6 cm³/mol. The molecule has 2 aromatic rings. The first-order chi connectivity index (χ1) is 9.44. The fourth-order valence-electron chi connectivity index (χ4n) is 2.46. The van der Waals surface area contributed by atoms with E-state index < -0.39 is 0 Å². The van der Waals surface area contributed by atoms with Gasteiger partial charge in [-0.15, -0.1) is 0 Å². The molecule has 0 aliphatic carbocycles. The largest absolute Gasteiger partial charge is 0.383 e. The van der Waals surface area contributed by atoms with E-state index in [1.165, 1.54) is 0 Å². The van der Waals surface area contributed by atoms with Crippen molar-refractivity contribution in [1.82, 2.24) is 10.3 Å². The van der Waals surface area contributed by atoms with Gasteiger partial charge in [-0.05, 0) is 25.7 Å². The van der Waals surface area contributed by atoms with Crippen LogP contribution >= 0.6 is 0 Å². The lowest BCUT2D eigenvalue weighted by Gasteiger charge is -2.26. The summed E-state index contributed by atoms with van der Waals surface area (Å²) in [5.74, 6) is 0.345. The Hall–Kier alpha value is -2.10. The van der Waals surface area contributed by atoms with Gasteiger partial charge in [0, 0.05) is 17.1 Å². The van der Waals surface area contributed by atoms with E-state index in [9.17, 15) is 4.79 Å². The Kier molecular flexibility index (Phi) is 3.93. The third kappa shape index (κ3) is 2.90. The fourth-order valence-corrected chi connectivity index (χ4v) is 2.46. The zero-order chi connectivity index (χ0) is 14.8. The number of nitrogen functional groups attached to an aromatic ring is 1. The lowest BCUT2D eigenvalue weighted by Crippen LogP contribution is -2.43. The van der Waals surface area contributed by atoms with E-state index in [-0.39, 0.29) is 11.4 Å². The summed E-state index contributed by atoms with van der Waals surface area (Å²) in [7, 11) is 0. The van der Waals surface area contributed by atoms with Crippen molar-refractivity contribution >= 4 is 22.5 Å². The van der Waals surface area contributed by atoms with Crippen LogP contribution in [0.4, 0.5) is 5.82 Å². The molecule has 1 aromatic heterocycles. The van der Waals surface area contributed by atoms with E-state index in [0.717, 1.165) is 23.6 Å². The van der Waals surface area contributed by atoms with Crippen molar-refractivity contribution in [2.75, 3.05) is 5.73 Å². The standard InChI is InChI=1S/C16H21N3O/c1-4-9-16(2,3)19-15(20)13-10-18-14(17)12-8-6-5-7-11(12)13/h5-8,10H,4,9H2,1-3H3,(H2,17,18)(H,19,20). The van der Waals surface area contributed by atoms with Gasteiger partial charge in [-0.2, -0.15) is 0 Å². The number of nitrogens with zero attached hydrogens (tertiary/aromatic N) is 1. The molecule has 0 saturated heterocycles. The molecule has 106 valence electrons. The molecule has 0 atom stereocenters. The molecule has 0 unspecified atom stereocenters. The van der Waals surface area contributed by atoms with Crippen molar-refractivity contribution in [3.05, 3.63) is 36.0 Å². The number of benzene rings is 1. The van der Waals surface area contributed by atoms with Crippen LogP contribution in [0.1, 0.15) is 44.0 Å². The average Bonchev–Trinajstić information content (AvgIpc) is 2.38. The van der Waals surface area contributed by atoms with Crippen molar-refractivity contribution in [3.8, 4) is 0 Å². The van der Waals surface area contributed by atoms with E-state index in [1.807, 2.05) is 38.1 Å². The molecule has 1 aromatic carbocycles. The van der Waals surface area contributed by atoms with Gasteiger partial charge in [0.1, 0.15) is 5.82 Å². The number of carbonyl (C=O) groups is 1. The highest BCUT2D eigenvalue weighted by Gasteiger charge is 2.21. The van der Waals surface area contributed by atoms with Crippen LogP contribution < -0.4 is 11.1 Å². The zero-order valence-corrected chi connectivity index (χ0v) is 12.2. The minimum atomic E-state index is -0.228. The summed E-state index contributed by atoms with van der Waals surface area (Å²) in [6.45, 7) is 6.16. The number of pyridine rings is 1. The Morgan fingerprint density at radius 1 is 1.30 bits per heavy atom. The van der Waals surface area contributed by atoms with E-state index in [0.29, 0.717) is 11.4 Å². The smallest absolute Gasteiger partial charge is 0.253 e. The average molecular weight is 271 g/mol. The van der Waals surface area contributed by atoms with Gasteiger partial charge in [-0.3, -0.25) is 4.79 Å². The zero-order valence-electron chi connectivity index (χ0n) is 12.2. The summed E-state index contributed by atoms with van der Waals surface area (Å²) in [6, 6.07) is 7.57. The van der Waals surface area contributed by atoms with Gasteiger partial charge < -0.3 is 11.1 Å². The molecule has 0 aliphatic heterocycles. The van der Waals surface area contributed by atoms with Crippen LogP contribution in [0.15, 0.2) is 30.5 Å². The fraction of sp³-hybridized carbons (Fsp3) is 0.375. The number of nitrogens with one attached hydrogen (secondary N) is 1. The molecular formula is C16H21N3O. The number of fused-ring (bicyclic) bond motifs is 1. The number of hydrogen-bond acceptors (Lipinski definition) is 3. The van der Waals surface area contributed by atoms with Gasteiger partial charge in [-0.25, -0.2) is 4.98 Å². The molecule has 0 bridgehead atoms. The second kappa shape index (κ2) is 5.49. The Morgan fingerprint density at radius 2 is 1.95 bits per heavy atom. The van der Waals surface area contributed by atoms with Gasteiger partial charge in [0.2, 0.25) is 0 Å². The van der Waals surface area contributed by atoms with Gasteiger partial charge >= 0.3 is 0 Å². The molecule has 0 radical (unpaired) electrons. The molecular weight excluding hydrogens is 250 g/mol. The third-order valence-electron chi connectivity index (χ3n) is 3.40. The van der Waals surface area contributed by atoms with Crippen molar-refractivity contribution in [1.29, 1.82) is 0 Å². The first kappa shape index (κ1) is 14.3. The van der Waals surface area contributed by atoms with E-state index in [2.05, 4.69) is 17.2 Å². The second-order valence-electron chi connectivity index (χ2n) is 5.69. The minimum Gasteiger partial charge on any atom is -0.383 e. The highest BCUT2D eigenvalue weighted by Crippen LogP contribution is 2.23. The van der Waals surface area contributed by atoms with Crippen LogP contribution in [-0.4, -0.2) is 16.4 Å². The molecule has 4 nitrogen and oxygen atoms in total. The molecule has 3 N–H and O–H groups in total. The molecule has 0 aliphatic rings. The van der Waals surface area contributed by atoms with Crippen molar-refractivity contribution in [2.45, 2.75) is 39.2 Å². The maximum absolute atomic E-state index is 12.5. The van der Waals surface area contributed by atoms with Crippen LogP contribution in [0, 0.1) is 0 Å². The maximum Gasteiger partial charge on any atom is 0.253 e. The van der Waals surface area contributed by atoms with Crippen LogP contribution in [0.2, 0.25) is 0 Å². The number of carbonyl (C=O) groups excluding carboxylic acids is 1. The summed E-state index contributed by atoms with van der Waals surface area (Å²) in [4.78, 5) is 16.6. The Bertz CT molecular complexity index is 635. The van der Waals surface area contributed by atoms with Gasteiger partial charge in [0.25, 0.3) is 5.91 Å². The highest BCUT2D eigenvalue weighted by molar-refractivity contribution is 6.09. The van der Waals surface area contributed by atoms with E-state index in [4.69, 9.17) is 5.73 Å². The van der Waals surface area contributed by atoms with Gasteiger partial charge in [-0.1, -0.05) is 37.6 Å². The molecule has 20 heavy (non-hydrogen) atoms. The second-order valence-corrected chi connectivity index (χ2v) is 5.69. The summed E-state index contributed by atoms with van der Waals surface area (Å²) < 4.78 is 0. The van der Waals surface area contributed by atoms with Gasteiger partial charge in [0.15, 0.2) is 0 Å². The summed E-state index contributed by atoms with van der Waals surface area (Å²) in [5, 5.41) is 4.72. The lowest BCUT2D eigenvalue weighted by molar-refractivity contribution is 0.0910. The molecule has 4 heteroatoms. The first-order valence-corrected chi connectivity index (χ1v) is 6.90. The lowest BCUT2D eigenvalue weighted by atomic mass is 9.97. The number of amides is 1. The van der Waals surface area contributed by atoms with Crippen LogP contribution in [-0.2, 0) is 0 Å². The number of rotatable bonds is 4. The van der Waals surface area contributed by atoms with Crippen molar-refractivity contribution in [3.63, 3.8) is 0 Å². The van der Waals surface area contributed by atoms with E-state index >= 15 is 0 Å². The predicted octanol–water partition coefficient (Wildman–Crippen LogP) is 3.13. The van der Waals surface area contributed by atoms with Crippen LogP contribution in [0.3, 0.4) is 0 Å². The Morgan fingerprint density at radius 3 is 2.60 bits per heavy atom. The minimum absolute atomic E-state index is 0.104.